The molecule has 0 amide bonds. The maximum absolute atomic E-state index is 13.7. The van der Waals surface area contributed by atoms with E-state index in [1.165, 1.54) is 31.9 Å². The minimum absolute atomic E-state index is 0.188. The Kier molecular flexibility index (Phi) is 2.57. The maximum Gasteiger partial charge on any atom is 0.164 e. The fourth-order valence-electron chi connectivity index (χ4n) is 2.54. The Hall–Kier alpha value is -0.390. The predicted molar refractivity (Wildman–Crippen MR) is 70.0 cm³/mol. The SMILES string of the molecule is Fc1cnc(I)cc1N1CCC2(CC1)CC2. The summed E-state index contributed by atoms with van der Waals surface area (Å²) in [7, 11) is 0. The topological polar surface area (TPSA) is 16.1 Å². The second-order valence-corrected chi connectivity index (χ2v) is 6.05. The number of hydrogen-bond acceptors (Lipinski definition) is 2. The van der Waals surface area contributed by atoms with Crippen LogP contribution in [0.2, 0.25) is 0 Å². The molecule has 1 saturated heterocycles. The molecule has 1 aromatic heterocycles. The number of halogens is 2. The van der Waals surface area contributed by atoms with Gasteiger partial charge in [-0.15, -0.1) is 0 Å². The zero-order valence-electron chi connectivity index (χ0n) is 9.05. The summed E-state index contributed by atoms with van der Waals surface area (Å²) in [4.78, 5) is 6.13. The van der Waals surface area contributed by atoms with E-state index in [2.05, 4.69) is 32.5 Å². The van der Waals surface area contributed by atoms with Crippen LogP contribution in [0, 0.1) is 14.9 Å². The highest BCUT2D eigenvalue weighted by Crippen LogP contribution is 2.53. The highest BCUT2D eigenvalue weighted by Gasteiger charge is 2.44. The highest BCUT2D eigenvalue weighted by molar-refractivity contribution is 14.1. The Morgan fingerprint density at radius 3 is 2.56 bits per heavy atom. The normalized spacial score (nSPS) is 22.5. The van der Waals surface area contributed by atoms with Crippen LogP contribution in [-0.2, 0) is 0 Å². The molecule has 2 nitrogen and oxygen atoms in total. The molecular weight excluding hydrogens is 318 g/mol. The first kappa shape index (κ1) is 10.7. The second kappa shape index (κ2) is 3.82. The summed E-state index contributed by atoms with van der Waals surface area (Å²) in [5, 5.41) is 0. The van der Waals surface area contributed by atoms with Gasteiger partial charge in [-0.3, -0.25) is 0 Å². The first-order valence-electron chi connectivity index (χ1n) is 5.75. The van der Waals surface area contributed by atoms with E-state index in [9.17, 15) is 4.39 Å². The molecule has 0 unspecified atom stereocenters. The van der Waals surface area contributed by atoms with Crippen LogP contribution in [0.15, 0.2) is 12.3 Å². The quantitative estimate of drug-likeness (QED) is 0.580. The van der Waals surface area contributed by atoms with Gasteiger partial charge in [0.15, 0.2) is 5.82 Å². The Labute approximate surface area is 108 Å². The first-order valence-corrected chi connectivity index (χ1v) is 6.82. The van der Waals surface area contributed by atoms with Crippen LogP contribution >= 0.6 is 22.6 Å². The Balaban J connectivity index is 1.79. The van der Waals surface area contributed by atoms with Crippen molar-refractivity contribution >= 4 is 28.3 Å². The zero-order chi connectivity index (χ0) is 11.2. The van der Waals surface area contributed by atoms with Crippen molar-refractivity contribution in [2.75, 3.05) is 18.0 Å². The maximum atomic E-state index is 13.7. The van der Waals surface area contributed by atoms with Crippen LogP contribution in [-0.4, -0.2) is 18.1 Å². The molecule has 0 atom stereocenters. The number of aromatic nitrogens is 1. The predicted octanol–water partition coefficient (Wildman–Crippen LogP) is 3.21. The van der Waals surface area contributed by atoms with Crippen molar-refractivity contribution in [3.8, 4) is 0 Å². The van der Waals surface area contributed by atoms with Crippen LogP contribution in [0.25, 0.3) is 0 Å². The van der Waals surface area contributed by atoms with Crippen molar-refractivity contribution < 1.29 is 4.39 Å². The Bertz CT molecular complexity index is 407. The summed E-state index contributed by atoms with van der Waals surface area (Å²) in [6, 6.07) is 1.85. The van der Waals surface area contributed by atoms with Crippen molar-refractivity contribution in [2.45, 2.75) is 25.7 Å². The summed E-state index contributed by atoms with van der Waals surface area (Å²) >= 11 is 2.13. The lowest BCUT2D eigenvalue weighted by Crippen LogP contribution is -2.35. The molecule has 0 aromatic carbocycles. The van der Waals surface area contributed by atoms with Gasteiger partial charge in [-0.05, 0) is 59.8 Å². The van der Waals surface area contributed by atoms with Gasteiger partial charge in [0.1, 0.15) is 3.70 Å². The van der Waals surface area contributed by atoms with E-state index in [0.717, 1.165) is 22.5 Å². The van der Waals surface area contributed by atoms with Crippen molar-refractivity contribution in [1.82, 2.24) is 4.98 Å². The van der Waals surface area contributed by atoms with E-state index < -0.39 is 0 Å². The zero-order valence-corrected chi connectivity index (χ0v) is 11.2. The van der Waals surface area contributed by atoms with Crippen molar-refractivity contribution in [2.24, 2.45) is 5.41 Å². The van der Waals surface area contributed by atoms with Crippen LogP contribution in [0.5, 0.6) is 0 Å². The molecule has 86 valence electrons. The third-order valence-electron chi connectivity index (χ3n) is 3.92. The molecule has 1 saturated carbocycles. The third-order valence-corrected chi connectivity index (χ3v) is 4.51. The van der Waals surface area contributed by atoms with Crippen molar-refractivity contribution in [1.29, 1.82) is 0 Å². The molecular formula is C12H14FIN2. The molecule has 1 aliphatic heterocycles. The summed E-state index contributed by atoms with van der Waals surface area (Å²) < 4.78 is 14.5. The van der Waals surface area contributed by atoms with Gasteiger partial charge in [-0.25, -0.2) is 9.37 Å². The summed E-state index contributed by atoms with van der Waals surface area (Å²) in [5.74, 6) is -0.188. The molecule has 4 heteroatoms. The van der Waals surface area contributed by atoms with Crippen molar-refractivity contribution in [3.05, 3.63) is 21.8 Å². The second-order valence-electron chi connectivity index (χ2n) is 4.95. The number of piperidine rings is 1. The average molecular weight is 332 g/mol. The molecule has 1 spiro atoms. The van der Waals surface area contributed by atoms with Gasteiger partial charge in [0.25, 0.3) is 0 Å². The molecule has 0 bridgehead atoms. The van der Waals surface area contributed by atoms with Gasteiger partial charge in [0.05, 0.1) is 11.9 Å². The van der Waals surface area contributed by atoms with Gasteiger partial charge in [-0.2, -0.15) is 0 Å². The standard InChI is InChI=1S/C12H14FIN2/c13-9-8-15-11(14)7-10(9)16-5-3-12(1-2-12)4-6-16/h7-8H,1-6H2. The molecule has 16 heavy (non-hydrogen) atoms. The molecule has 2 aliphatic rings. The molecule has 2 heterocycles. The van der Waals surface area contributed by atoms with Crippen LogP contribution in [0.3, 0.4) is 0 Å². The first-order chi connectivity index (χ1) is 7.69. The lowest BCUT2D eigenvalue weighted by atomic mass is 9.93. The number of pyridine rings is 1. The van der Waals surface area contributed by atoms with E-state index in [0.29, 0.717) is 5.41 Å². The molecule has 2 fully saturated rings. The van der Waals surface area contributed by atoms with Crippen molar-refractivity contribution in [3.63, 3.8) is 0 Å². The smallest absolute Gasteiger partial charge is 0.164 e. The molecule has 3 rings (SSSR count). The minimum atomic E-state index is -0.188. The monoisotopic (exact) mass is 332 g/mol. The van der Waals surface area contributed by atoms with E-state index >= 15 is 0 Å². The average Bonchev–Trinajstić information content (AvgIpc) is 3.03. The number of nitrogens with zero attached hydrogens (tertiary/aromatic N) is 2. The van der Waals surface area contributed by atoms with Gasteiger partial charge < -0.3 is 4.90 Å². The fraction of sp³-hybridized carbons (Fsp3) is 0.583. The van der Waals surface area contributed by atoms with E-state index in [-0.39, 0.29) is 5.82 Å². The Morgan fingerprint density at radius 1 is 1.25 bits per heavy atom. The van der Waals surface area contributed by atoms with Crippen LogP contribution < -0.4 is 4.90 Å². The number of anilines is 1. The van der Waals surface area contributed by atoms with Gasteiger partial charge in [0, 0.05) is 13.1 Å². The van der Waals surface area contributed by atoms with Gasteiger partial charge in [-0.1, -0.05) is 0 Å². The van der Waals surface area contributed by atoms with Gasteiger partial charge in [0.2, 0.25) is 0 Å². The molecule has 1 aliphatic carbocycles. The summed E-state index contributed by atoms with van der Waals surface area (Å²) in [6.07, 6.45) is 6.56. The summed E-state index contributed by atoms with van der Waals surface area (Å²) in [5.41, 5.74) is 1.38. The van der Waals surface area contributed by atoms with Crippen LogP contribution in [0.1, 0.15) is 25.7 Å². The van der Waals surface area contributed by atoms with E-state index in [4.69, 9.17) is 0 Å². The lowest BCUT2D eigenvalue weighted by Gasteiger charge is -2.33. The molecule has 0 radical (unpaired) electrons. The molecule has 0 N–H and O–H groups in total. The Morgan fingerprint density at radius 2 is 1.94 bits per heavy atom. The fourth-order valence-corrected chi connectivity index (χ4v) is 2.98. The third kappa shape index (κ3) is 1.92. The highest BCUT2D eigenvalue weighted by atomic mass is 127. The van der Waals surface area contributed by atoms with Gasteiger partial charge >= 0.3 is 0 Å². The summed E-state index contributed by atoms with van der Waals surface area (Å²) in [6.45, 7) is 1.99. The van der Waals surface area contributed by atoms with E-state index in [1.807, 2.05) is 6.07 Å². The minimum Gasteiger partial charge on any atom is -0.369 e. The van der Waals surface area contributed by atoms with E-state index in [1.54, 1.807) is 0 Å². The number of hydrogen-bond donors (Lipinski definition) is 0. The molecule has 1 aromatic rings. The van der Waals surface area contributed by atoms with Crippen LogP contribution in [0.4, 0.5) is 10.1 Å². The lowest BCUT2D eigenvalue weighted by molar-refractivity contribution is 0.382. The largest absolute Gasteiger partial charge is 0.369 e. The number of rotatable bonds is 1.